The number of fused-ring (bicyclic) bond motifs is 2. The maximum absolute atomic E-state index is 13.4. The molecule has 0 bridgehead atoms. The second-order valence-corrected chi connectivity index (χ2v) is 13.3. The Morgan fingerprint density at radius 1 is 0.958 bits per heavy atom. The second kappa shape index (κ2) is 12.7. The van der Waals surface area contributed by atoms with Crippen molar-refractivity contribution >= 4 is 58.1 Å². The Bertz CT molecular complexity index is 2010. The molecule has 3 N–H and O–H groups in total. The Morgan fingerprint density at radius 3 is 2.52 bits per heavy atom. The summed E-state index contributed by atoms with van der Waals surface area (Å²) in [4.78, 5) is 79.1. The first kappa shape index (κ1) is 31.3. The predicted molar refractivity (Wildman–Crippen MR) is 177 cm³/mol. The number of piperidine rings is 2. The van der Waals surface area contributed by atoms with Gasteiger partial charge in [0.15, 0.2) is 0 Å². The Hall–Kier alpha value is -5.30. The number of aromatic nitrogens is 2. The van der Waals surface area contributed by atoms with Gasteiger partial charge in [0.2, 0.25) is 17.7 Å². The van der Waals surface area contributed by atoms with Crippen LogP contribution in [0.1, 0.15) is 74.7 Å². The van der Waals surface area contributed by atoms with E-state index in [2.05, 4.69) is 22.5 Å². The van der Waals surface area contributed by atoms with Gasteiger partial charge in [-0.25, -0.2) is 4.68 Å². The molecule has 13 heteroatoms. The summed E-state index contributed by atoms with van der Waals surface area (Å²) in [5, 5.41) is 7.62. The van der Waals surface area contributed by atoms with E-state index >= 15 is 0 Å². The molecule has 48 heavy (non-hydrogen) atoms. The third kappa shape index (κ3) is 5.74. The van der Waals surface area contributed by atoms with Crippen LogP contribution in [0.3, 0.4) is 0 Å². The monoisotopic (exact) mass is 664 g/mol. The summed E-state index contributed by atoms with van der Waals surface area (Å²) in [5.41, 5.74) is 8.89. The summed E-state index contributed by atoms with van der Waals surface area (Å²) in [6.45, 7) is 1.28. The lowest BCUT2D eigenvalue weighted by atomic mass is 9.90. The number of likely N-dealkylation sites (tertiary alicyclic amines) is 1. The number of primary amides is 1. The highest BCUT2D eigenvalue weighted by Gasteiger charge is 2.45. The smallest absolute Gasteiger partial charge is 0.263 e. The molecule has 1 aromatic heterocycles. The Morgan fingerprint density at radius 2 is 1.75 bits per heavy atom. The van der Waals surface area contributed by atoms with E-state index in [1.165, 1.54) is 11.8 Å². The van der Waals surface area contributed by atoms with Gasteiger partial charge in [-0.05, 0) is 55.2 Å². The molecule has 2 saturated heterocycles. The summed E-state index contributed by atoms with van der Waals surface area (Å²) in [6, 6.07) is 17.4. The topological polar surface area (TPSA) is 165 Å². The quantitative estimate of drug-likeness (QED) is 0.214. The van der Waals surface area contributed by atoms with Crippen LogP contribution in [0.25, 0.3) is 16.6 Å². The first-order valence-electron chi connectivity index (χ1n) is 15.8. The Balaban J connectivity index is 0.971. The fourth-order valence-corrected chi connectivity index (χ4v) is 7.78. The number of nitrogens with zero attached hydrogens (tertiary/aromatic N) is 4. The van der Waals surface area contributed by atoms with Crippen LogP contribution in [-0.2, 0) is 14.4 Å². The van der Waals surface area contributed by atoms with Crippen molar-refractivity contribution in [2.45, 2.75) is 49.0 Å². The molecule has 0 radical (unpaired) electrons. The van der Waals surface area contributed by atoms with Crippen molar-refractivity contribution in [3.63, 3.8) is 0 Å². The summed E-state index contributed by atoms with van der Waals surface area (Å²) in [7, 11) is 0. The van der Waals surface area contributed by atoms with Crippen LogP contribution in [0, 0.1) is 0 Å². The van der Waals surface area contributed by atoms with E-state index in [0.717, 1.165) is 34.4 Å². The highest BCUT2D eigenvalue weighted by Crippen LogP contribution is 2.35. The van der Waals surface area contributed by atoms with Crippen LogP contribution in [0.15, 0.2) is 71.8 Å². The first-order chi connectivity index (χ1) is 23.2. The molecular formula is C35H32N6O6S. The Labute approximate surface area is 279 Å². The minimum atomic E-state index is -1.03. The number of hydrogen-bond acceptors (Lipinski definition) is 8. The van der Waals surface area contributed by atoms with Crippen molar-refractivity contribution in [1.29, 1.82) is 0 Å². The largest absolute Gasteiger partial charge is 0.366 e. The number of imide groups is 2. The molecule has 3 aliphatic rings. The number of carbonyl (C=O) groups excluding carboxylic acids is 6. The maximum atomic E-state index is 13.4. The molecule has 2 fully saturated rings. The van der Waals surface area contributed by atoms with Gasteiger partial charge in [-0.1, -0.05) is 30.3 Å². The van der Waals surface area contributed by atoms with Crippen molar-refractivity contribution in [2.24, 2.45) is 5.73 Å². The molecule has 2 atom stereocenters. The Kier molecular flexibility index (Phi) is 8.29. The third-order valence-corrected chi connectivity index (χ3v) is 10.3. The lowest BCUT2D eigenvalue weighted by Crippen LogP contribution is -2.54. The number of carbonyl (C=O) groups is 6. The normalized spacial score (nSPS) is 19.5. The lowest BCUT2D eigenvalue weighted by Gasteiger charge is -2.33. The fraction of sp³-hybridized carbons (Fsp3) is 0.286. The van der Waals surface area contributed by atoms with E-state index in [9.17, 15) is 28.8 Å². The van der Waals surface area contributed by atoms with Crippen molar-refractivity contribution in [3.05, 3.63) is 89.1 Å². The summed E-state index contributed by atoms with van der Waals surface area (Å²) in [6.07, 6.45) is 4.11. The molecule has 0 spiro atoms. The van der Waals surface area contributed by atoms with Gasteiger partial charge in [0.25, 0.3) is 17.7 Å². The third-order valence-electron chi connectivity index (χ3n) is 9.21. The summed E-state index contributed by atoms with van der Waals surface area (Å²) >= 11 is 1.34. The molecule has 0 saturated carbocycles. The van der Waals surface area contributed by atoms with E-state index in [0.29, 0.717) is 34.8 Å². The minimum Gasteiger partial charge on any atom is -0.366 e. The number of rotatable bonds is 8. The van der Waals surface area contributed by atoms with E-state index < -0.39 is 35.6 Å². The first-order valence-corrected chi connectivity index (χ1v) is 16.8. The van der Waals surface area contributed by atoms with E-state index in [1.807, 2.05) is 29.3 Å². The van der Waals surface area contributed by atoms with E-state index in [1.54, 1.807) is 35.0 Å². The zero-order valence-electron chi connectivity index (χ0n) is 25.9. The molecular weight excluding hydrogens is 632 g/mol. The van der Waals surface area contributed by atoms with Gasteiger partial charge in [-0.15, -0.1) is 11.8 Å². The number of amides is 6. The number of benzene rings is 3. The highest BCUT2D eigenvalue weighted by molar-refractivity contribution is 7.99. The van der Waals surface area contributed by atoms with Gasteiger partial charge in [0, 0.05) is 54.1 Å². The van der Waals surface area contributed by atoms with Crippen LogP contribution >= 0.6 is 11.8 Å². The molecule has 7 rings (SSSR count). The van der Waals surface area contributed by atoms with Gasteiger partial charge < -0.3 is 10.6 Å². The van der Waals surface area contributed by atoms with Crippen LogP contribution in [-0.4, -0.2) is 79.9 Å². The number of thioether (sulfide) groups is 1. The molecule has 3 aromatic carbocycles. The molecule has 3 aliphatic heterocycles. The van der Waals surface area contributed by atoms with Crippen molar-refractivity contribution in [2.75, 3.05) is 18.8 Å². The molecule has 244 valence electrons. The molecule has 4 aromatic rings. The minimum absolute atomic E-state index is 0.0254. The van der Waals surface area contributed by atoms with Crippen LogP contribution in [0.5, 0.6) is 0 Å². The van der Waals surface area contributed by atoms with Crippen LogP contribution in [0.2, 0.25) is 0 Å². The molecule has 4 heterocycles. The molecule has 12 nitrogen and oxygen atoms in total. The SMILES string of the molecule is NC(=O)c1cccc2cn(-c3ccc([C@@H]4CCCN(C(=O)CCSc5cccc6c5C(=O)N(C5CCC(=O)NC5=O)C6=O)C4)cc3)nc12. The van der Waals surface area contributed by atoms with Gasteiger partial charge in [-0.2, -0.15) is 5.10 Å². The van der Waals surface area contributed by atoms with Crippen LogP contribution in [0.4, 0.5) is 0 Å². The zero-order valence-corrected chi connectivity index (χ0v) is 26.7. The van der Waals surface area contributed by atoms with E-state index in [-0.39, 0.29) is 42.2 Å². The van der Waals surface area contributed by atoms with Crippen molar-refractivity contribution < 1.29 is 28.8 Å². The van der Waals surface area contributed by atoms with Gasteiger partial charge in [-0.3, -0.25) is 39.0 Å². The zero-order chi connectivity index (χ0) is 33.5. The van der Waals surface area contributed by atoms with Gasteiger partial charge >= 0.3 is 0 Å². The molecule has 6 amide bonds. The van der Waals surface area contributed by atoms with Crippen molar-refractivity contribution in [3.8, 4) is 5.69 Å². The number of nitrogens with two attached hydrogens (primary N) is 1. The van der Waals surface area contributed by atoms with E-state index in [4.69, 9.17) is 5.73 Å². The standard InChI is InChI=1S/C35H32N6O6S/c36-32(44)25-7-1-4-22-19-40(38-31(22)25)23-11-9-20(10-12-23)21-5-3-16-39(18-21)29(43)15-17-48-27-8-2-6-24-30(27)35(47)41(34(24)46)26-13-14-28(42)37-33(26)45/h1-2,4,6-12,19,21,26H,3,5,13-18H2,(H2,36,44)(H,37,42,45)/t21-,26?/m1/s1. The second-order valence-electron chi connectivity index (χ2n) is 12.2. The summed E-state index contributed by atoms with van der Waals surface area (Å²) < 4.78 is 1.73. The number of hydrogen-bond donors (Lipinski definition) is 2. The molecule has 0 aliphatic carbocycles. The number of nitrogens with one attached hydrogen (secondary N) is 1. The average molecular weight is 665 g/mol. The van der Waals surface area contributed by atoms with Gasteiger partial charge in [0.05, 0.1) is 22.4 Å². The average Bonchev–Trinajstić information content (AvgIpc) is 3.64. The molecule has 1 unspecified atom stereocenters. The van der Waals surface area contributed by atoms with Crippen LogP contribution < -0.4 is 11.1 Å². The van der Waals surface area contributed by atoms with Crippen molar-refractivity contribution in [1.82, 2.24) is 24.9 Å². The van der Waals surface area contributed by atoms with Gasteiger partial charge in [0.1, 0.15) is 11.6 Å². The lowest BCUT2D eigenvalue weighted by molar-refractivity contribution is -0.136. The maximum Gasteiger partial charge on any atom is 0.263 e. The predicted octanol–water partition coefficient (Wildman–Crippen LogP) is 3.41. The highest BCUT2D eigenvalue weighted by atomic mass is 32.2. The summed E-state index contributed by atoms with van der Waals surface area (Å²) in [5.74, 6) is -2.08. The fourth-order valence-electron chi connectivity index (χ4n) is 6.76.